The van der Waals surface area contributed by atoms with E-state index in [2.05, 4.69) is 13.2 Å². The predicted octanol–water partition coefficient (Wildman–Crippen LogP) is 5.82. The zero-order chi connectivity index (χ0) is 23.3. The van der Waals surface area contributed by atoms with Crippen LogP contribution >= 0.6 is 0 Å². The molecule has 6 nitrogen and oxygen atoms in total. The van der Waals surface area contributed by atoms with Crippen LogP contribution in [0.4, 0.5) is 0 Å². The average molecular weight is 439 g/mol. The van der Waals surface area contributed by atoms with Gasteiger partial charge in [0.15, 0.2) is 0 Å². The van der Waals surface area contributed by atoms with Crippen molar-refractivity contribution in [2.45, 2.75) is 52.1 Å². The van der Waals surface area contributed by atoms with Crippen molar-refractivity contribution in [3.63, 3.8) is 0 Å². The van der Waals surface area contributed by atoms with Crippen LogP contribution in [0.25, 0.3) is 11.1 Å². The molecule has 2 unspecified atom stereocenters. The maximum atomic E-state index is 11.5. The normalized spacial score (nSPS) is 12.2. The fraction of sp³-hybridized carbons (Fsp3) is 0.308. The van der Waals surface area contributed by atoms with E-state index in [4.69, 9.17) is 18.9 Å². The summed E-state index contributed by atoms with van der Waals surface area (Å²) in [6, 6.07) is 15.0. The third-order valence-electron chi connectivity index (χ3n) is 4.45. The molecule has 0 saturated carbocycles. The molecular formula is C26H30O6. The van der Waals surface area contributed by atoms with Gasteiger partial charge in [-0.1, -0.05) is 51.3 Å². The summed E-state index contributed by atoms with van der Waals surface area (Å²) in [5, 5.41) is 0. The van der Waals surface area contributed by atoms with Crippen LogP contribution < -0.4 is 9.47 Å². The number of rotatable bonds is 13. The molecule has 2 aromatic carbocycles. The van der Waals surface area contributed by atoms with Gasteiger partial charge in [0, 0.05) is 25.0 Å². The maximum absolute atomic E-state index is 11.5. The number of carbonyl (C=O) groups excluding carboxylic acids is 2. The fourth-order valence-corrected chi connectivity index (χ4v) is 2.87. The molecule has 0 amide bonds. The van der Waals surface area contributed by atoms with E-state index < -0.39 is 24.5 Å². The van der Waals surface area contributed by atoms with Crippen LogP contribution in [0.3, 0.4) is 0 Å². The fourth-order valence-electron chi connectivity index (χ4n) is 2.87. The Labute approximate surface area is 189 Å². The molecule has 6 heteroatoms. The van der Waals surface area contributed by atoms with Crippen molar-refractivity contribution in [3.8, 4) is 22.6 Å². The van der Waals surface area contributed by atoms with Gasteiger partial charge in [-0.3, -0.25) is 0 Å². The van der Waals surface area contributed by atoms with E-state index in [0.717, 1.165) is 36.1 Å². The Hall–Kier alpha value is -3.54. The van der Waals surface area contributed by atoms with Gasteiger partial charge < -0.3 is 18.9 Å². The highest BCUT2D eigenvalue weighted by molar-refractivity contribution is 5.81. The molecule has 170 valence electrons. The van der Waals surface area contributed by atoms with Crippen molar-refractivity contribution < 1.29 is 28.5 Å². The summed E-state index contributed by atoms with van der Waals surface area (Å²) in [6.45, 7) is 10.8. The van der Waals surface area contributed by atoms with Gasteiger partial charge in [-0.05, 0) is 48.2 Å². The summed E-state index contributed by atoms with van der Waals surface area (Å²) in [6.07, 6.45) is 3.74. The van der Waals surface area contributed by atoms with Crippen LogP contribution in [0.15, 0.2) is 73.8 Å². The molecule has 2 atom stereocenters. The first-order valence-corrected chi connectivity index (χ1v) is 10.7. The van der Waals surface area contributed by atoms with Gasteiger partial charge in [-0.15, -0.1) is 0 Å². The molecule has 0 aliphatic carbocycles. The van der Waals surface area contributed by atoms with Crippen molar-refractivity contribution in [2.75, 3.05) is 0 Å². The number of benzene rings is 2. The molecule has 2 aromatic rings. The number of carbonyl (C=O) groups is 2. The molecule has 0 fully saturated rings. The SMILES string of the molecule is C=CC(=O)OC(CCC)Oc1ccc(-c2ccc(OC(CCC)OC(=O)C=C)cc2)cc1. The second kappa shape index (κ2) is 13.0. The van der Waals surface area contributed by atoms with Crippen molar-refractivity contribution in [2.24, 2.45) is 0 Å². The lowest BCUT2D eigenvalue weighted by Gasteiger charge is -2.19. The topological polar surface area (TPSA) is 71.1 Å². The minimum atomic E-state index is -0.654. The highest BCUT2D eigenvalue weighted by Gasteiger charge is 2.15. The molecule has 0 aliphatic rings. The number of hydrogen-bond acceptors (Lipinski definition) is 6. The van der Waals surface area contributed by atoms with Gasteiger partial charge in [0.25, 0.3) is 0 Å². The van der Waals surface area contributed by atoms with Crippen molar-refractivity contribution in [1.82, 2.24) is 0 Å². The summed E-state index contributed by atoms with van der Waals surface area (Å²) >= 11 is 0. The van der Waals surface area contributed by atoms with E-state index in [1.165, 1.54) is 0 Å². The van der Waals surface area contributed by atoms with Crippen LogP contribution in [-0.2, 0) is 19.1 Å². The molecule has 0 aliphatic heterocycles. The second-order valence-corrected chi connectivity index (χ2v) is 7.00. The van der Waals surface area contributed by atoms with Crippen LogP contribution in [0.1, 0.15) is 39.5 Å². The Morgan fingerprint density at radius 1 is 0.719 bits per heavy atom. The summed E-state index contributed by atoms with van der Waals surface area (Å²) in [4.78, 5) is 22.9. The largest absolute Gasteiger partial charge is 0.455 e. The van der Waals surface area contributed by atoms with Gasteiger partial charge in [-0.2, -0.15) is 0 Å². The first-order chi connectivity index (χ1) is 15.5. The molecular weight excluding hydrogens is 408 g/mol. The van der Waals surface area contributed by atoms with Gasteiger partial charge >= 0.3 is 11.9 Å². The van der Waals surface area contributed by atoms with E-state index in [0.29, 0.717) is 24.3 Å². The van der Waals surface area contributed by atoms with Crippen LogP contribution in [0.5, 0.6) is 11.5 Å². The minimum absolute atomic E-state index is 0.511. The lowest BCUT2D eigenvalue weighted by molar-refractivity contribution is -0.159. The quantitative estimate of drug-likeness (QED) is 0.223. The summed E-state index contributed by atoms with van der Waals surface area (Å²) < 4.78 is 22.0. The predicted molar refractivity (Wildman–Crippen MR) is 123 cm³/mol. The number of hydrogen-bond donors (Lipinski definition) is 0. The zero-order valence-corrected chi connectivity index (χ0v) is 18.6. The Kier molecular flexibility index (Phi) is 10.0. The molecule has 0 spiro atoms. The van der Waals surface area contributed by atoms with E-state index in [1.807, 2.05) is 62.4 Å². The smallest absolute Gasteiger partial charge is 0.333 e. The van der Waals surface area contributed by atoms with Crippen LogP contribution in [0.2, 0.25) is 0 Å². The molecule has 2 rings (SSSR count). The highest BCUT2D eigenvalue weighted by Crippen LogP contribution is 2.26. The van der Waals surface area contributed by atoms with E-state index in [1.54, 1.807) is 0 Å². The second-order valence-electron chi connectivity index (χ2n) is 7.00. The first kappa shape index (κ1) is 24.7. The standard InChI is InChI=1S/C26H30O6/c1-5-9-25(31-23(27)7-3)29-21-15-11-19(12-16-21)20-13-17-22(18-14-20)30-26(10-6-2)32-24(28)8-4/h7-8,11-18,25-26H,3-6,9-10H2,1-2H3. The van der Waals surface area contributed by atoms with Gasteiger partial charge in [0.1, 0.15) is 11.5 Å². The number of ether oxygens (including phenoxy) is 4. The zero-order valence-electron chi connectivity index (χ0n) is 18.6. The Morgan fingerprint density at radius 3 is 1.34 bits per heavy atom. The monoisotopic (exact) mass is 438 g/mol. The third-order valence-corrected chi connectivity index (χ3v) is 4.45. The Morgan fingerprint density at radius 2 is 1.06 bits per heavy atom. The van der Waals surface area contributed by atoms with Crippen molar-refractivity contribution in [3.05, 3.63) is 73.8 Å². The van der Waals surface area contributed by atoms with Gasteiger partial charge in [-0.25, -0.2) is 9.59 Å². The van der Waals surface area contributed by atoms with E-state index in [-0.39, 0.29) is 0 Å². The lowest BCUT2D eigenvalue weighted by Crippen LogP contribution is -2.23. The Balaban J connectivity index is 2.03. The van der Waals surface area contributed by atoms with E-state index >= 15 is 0 Å². The maximum Gasteiger partial charge on any atom is 0.333 e. The lowest BCUT2D eigenvalue weighted by atomic mass is 10.1. The average Bonchev–Trinajstić information content (AvgIpc) is 2.80. The van der Waals surface area contributed by atoms with Gasteiger partial charge in [0.05, 0.1) is 0 Å². The van der Waals surface area contributed by atoms with Crippen molar-refractivity contribution in [1.29, 1.82) is 0 Å². The number of esters is 2. The minimum Gasteiger partial charge on any atom is -0.455 e. The molecule has 0 heterocycles. The first-order valence-electron chi connectivity index (χ1n) is 10.7. The molecule has 0 saturated heterocycles. The molecule has 0 bridgehead atoms. The van der Waals surface area contributed by atoms with Crippen LogP contribution in [0, 0.1) is 0 Å². The van der Waals surface area contributed by atoms with Crippen molar-refractivity contribution >= 4 is 11.9 Å². The molecule has 0 radical (unpaired) electrons. The molecule has 32 heavy (non-hydrogen) atoms. The third kappa shape index (κ3) is 7.95. The van der Waals surface area contributed by atoms with Crippen LogP contribution in [-0.4, -0.2) is 24.5 Å². The molecule has 0 N–H and O–H groups in total. The summed E-state index contributed by atoms with van der Waals surface area (Å²) in [7, 11) is 0. The Bertz CT molecular complexity index is 810. The molecule has 0 aromatic heterocycles. The summed E-state index contributed by atoms with van der Waals surface area (Å²) in [5.41, 5.74) is 1.98. The van der Waals surface area contributed by atoms with Gasteiger partial charge in [0.2, 0.25) is 12.6 Å². The summed E-state index contributed by atoms with van der Waals surface area (Å²) in [5.74, 6) is 0.191. The highest BCUT2D eigenvalue weighted by atomic mass is 16.7. The van der Waals surface area contributed by atoms with E-state index in [9.17, 15) is 9.59 Å².